The summed E-state index contributed by atoms with van der Waals surface area (Å²) in [4.78, 5) is 15.9. The van der Waals surface area contributed by atoms with Crippen LogP contribution in [0.25, 0.3) is 10.9 Å². The number of para-hydroxylation sites is 1. The van der Waals surface area contributed by atoms with Crippen LogP contribution in [0.3, 0.4) is 0 Å². The standard InChI is InChI=1S/C31H43N3O3S/c1-8-13-33-20-28(25-11-9-10-12-29(25)33)31(35)32-14-16-34(17-15-32)38(36,37)30-26(22(4)5)18-24(21(2)3)19-27(30)23(6)7/h9-12,18-23H,8,13-17H2,1-7H3. The van der Waals surface area contributed by atoms with Gasteiger partial charge in [-0.1, -0.05) is 78.8 Å². The van der Waals surface area contributed by atoms with Crippen LogP contribution in [-0.2, 0) is 16.6 Å². The number of rotatable bonds is 8. The normalized spacial score (nSPS) is 15.4. The van der Waals surface area contributed by atoms with E-state index >= 15 is 0 Å². The largest absolute Gasteiger partial charge is 0.347 e. The summed E-state index contributed by atoms with van der Waals surface area (Å²) in [6.45, 7) is 16.9. The molecule has 1 aromatic heterocycles. The molecule has 0 unspecified atom stereocenters. The fraction of sp³-hybridized carbons (Fsp3) is 0.516. The van der Waals surface area contributed by atoms with E-state index in [9.17, 15) is 13.2 Å². The van der Waals surface area contributed by atoms with Crippen LogP contribution in [0.15, 0.2) is 47.5 Å². The first-order valence-corrected chi connectivity index (χ1v) is 15.5. The van der Waals surface area contributed by atoms with Gasteiger partial charge in [-0.05, 0) is 46.9 Å². The summed E-state index contributed by atoms with van der Waals surface area (Å²) in [7, 11) is -3.72. The Balaban J connectivity index is 1.62. The van der Waals surface area contributed by atoms with Crippen LogP contribution in [0.1, 0.15) is 99.7 Å². The van der Waals surface area contributed by atoms with Crippen LogP contribution < -0.4 is 0 Å². The maximum Gasteiger partial charge on any atom is 0.256 e. The molecule has 4 rings (SSSR count). The van der Waals surface area contributed by atoms with Crippen LogP contribution in [0.5, 0.6) is 0 Å². The minimum atomic E-state index is -3.72. The molecule has 206 valence electrons. The summed E-state index contributed by atoms with van der Waals surface area (Å²) in [5.74, 6) is 0.457. The Morgan fingerprint density at radius 2 is 1.45 bits per heavy atom. The lowest BCUT2D eigenvalue weighted by Gasteiger charge is -2.35. The van der Waals surface area contributed by atoms with Crippen molar-refractivity contribution in [2.45, 2.75) is 84.1 Å². The molecule has 2 heterocycles. The third-order valence-electron chi connectivity index (χ3n) is 7.69. The van der Waals surface area contributed by atoms with E-state index in [1.807, 2.05) is 24.4 Å². The Morgan fingerprint density at radius 3 is 1.97 bits per heavy atom. The maximum absolute atomic E-state index is 14.1. The predicted molar refractivity (Wildman–Crippen MR) is 156 cm³/mol. The number of carbonyl (C=O) groups is 1. The van der Waals surface area contributed by atoms with Gasteiger partial charge in [-0.25, -0.2) is 8.42 Å². The first-order chi connectivity index (χ1) is 18.0. The Labute approximate surface area is 228 Å². The summed E-state index contributed by atoms with van der Waals surface area (Å²) in [5.41, 5.74) is 4.71. The molecule has 1 saturated heterocycles. The lowest BCUT2D eigenvalue weighted by Crippen LogP contribution is -2.50. The van der Waals surface area contributed by atoms with Crippen molar-refractivity contribution in [2.75, 3.05) is 26.2 Å². The Kier molecular flexibility index (Phi) is 8.38. The average Bonchev–Trinajstić information content (AvgIpc) is 3.26. The second-order valence-electron chi connectivity index (χ2n) is 11.4. The quantitative estimate of drug-likeness (QED) is 0.327. The zero-order valence-corrected chi connectivity index (χ0v) is 24.8. The van der Waals surface area contributed by atoms with Crippen LogP contribution in [0.4, 0.5) is 0 Å². The second-order valence-corrected chi connectivity index (χ2v) is 13.3. The topological polar surface area (TPSA) is 62.6 Å². The summed E-state index contributed by atoms with van der Waals surface area (Å²) < 4.78 is 32.0. The minimum absolute atomic E-state index is 0.0277. The van der Waals surface area contributed by atoms with Gasteiger partial charge >= 0.3 is 0 Å². The summed E-state index contributed by atoms with van der Waals surface area (Å²) >= 11 is 0. The third-order valence-corrected chi connectivity index (χ3v) is 9.72. The highest BCUT2D eigenvalue weighted by Gasteiger charge is 2.35. The monoisotopic (exact) mass is 537 g/mol. The van der Waals surface area contributed by atoms with E-state index in [-0.39, 0.29) is 17.7 Å². The Morgan fingerprint density at radius 1 is 0.868 bits per heavy atom. The van der Waals surface area contributed by atoms with E-state index in [0.29, 0.717) is 42.6 Å². The number of piperazine rings is 1. The number of benzene rings is 2. The maximum atomic E-state index is 14.1. The number of hydrogen-bond acceptors (Lipinski definition) is 3. The molecule has 6 nitrogen and oxygen atoms in total. The van der Waals surface area contributed by atoms with Crippen LogP contribution in [0.2, 0.25) is 0 Å². The molecular weight excluding hydrogens is 494 g/mol. The molecule has 1 aliphatic rings. The van der Waals surface area contributed by atoms with E-state index in [0.717, 1.165) is 35.0 Å². The molecule has 38 heavy (non-hydrogen) atoms. The number of aryl methyl sites for hydroxylation is 1. The number of carbonyl (C=O) groups excluding carboxylic acids is 1. The van der Waals surface area contributed by atoms with Crippen molar-refractivity contribution in [1.29, 1.82) is 0 Å². The Hall–Kier alpha value is -2.64. The number of sulfonamides is 1. The fourth-order valence-corrected chi connectivity index (χ4v) is 7.55. The van der Waals surface area contributed by atoms with Crippen LogP contribution in [0, 0.1) is 0 Å². The van der Waals surface area contributed by atoms with Gasteiger partial charge in [0.05, 0.1) is 10.5 Å². The van der Waals surface area contributed by atoms with Crippen molar-refractivity contribution in [3.05, 3.63) is 64.8 Å². The van der Waals surface area contributed by atoms with Gasteiger partial charge in [0.15, 0.2) is 0 Å². The summed E-state index contributed by atoms with van der Waals surface area (Å²) in [6.07, 6.45) is 2.94. The summed E-state index contributed by atoms with van der Waals surface area (Å²) in [5, 5.41) is 0.953. The molecule has 0 saturated carbocycles. The number of nitrogens with zero attached hydrogens (tertiary/aromatic N) is 3. The van der Waals surface area contributed by atoms with Gasteiger partial charge in [0, 0.05) is 49.8 Å². The van der Waals surface area contributed by atoms with E-state index in [4.69, 9.17) is 0 Å². The van der Waals surface area contributed by atoms with E-state index < -0.39 is 10.0 Å². The van der Waals surface area contributed by atoms with Crippen LogP contribution in [-0.4, -0.2) is 54.3 Å². The van der Waals surface area contributed by atoms with Crippen molar-refractivity contribution < 1.29 is 13.2 Å². The van der Waals surface area contributed by atoms with E-state index in [1.54, 1.807) is 9.21 Å². The van der Waals surface area contributed by atoms with E-state index in [1.165, 1.54) is 5.56 Å². The molecule has 0 atom stereocenters. The molecule has 0 radical (unpaired) electrons. The minimum Gasteiger partial charge on any atom is -0.347 e. The first-order valence-electron chi connectivity index (χ1n) is 14.0. The molecule has 1 amide bonds. The third kappa shape index (κ3) is 5.28. The highest BCUT2D eigenvalue weighted by Crippen LogP contribution is 2.37. The van der Waals surface area contributed by atoms with Gasteiger partial charge in [-0.2, -0.15) is 4.31 Å². The lowest BCUT2D eigenvalue weighted by atomic mass is 9.89. The van der Waals surface area contributed by atoms with Gasteiger partial charge < -0.3 is 9.47 Å². The number of fused-ring (bicyclic) bond motifs is 1. The number of aromatic nitrogens is 1. The smallest absolute Gasteiger partial charge is 0.256 e. The molecule has 0 bridgehead atoms. The predicted octanol–water partition coefficient (Wildman–Crippen LogP) is 6.57. The fourth-order valence-electron chi connectivity index (χ4n) is 5.46. The molecular formula is C31H43N3O3S. The van der Waals surface area contributed by atoms with Gasteiger partial charge in [0.1, 0.15) is 0 Å². The molecule has 0 aliphatic carbocycles. The highest BCUT2D eigenvalue weighted by molar-refractivity contribution is 7.89. The van der Waals surface area contributed by atoms with Crippen LogP contribution >= 0.6 is 0 Å². The zero-order valence-electron chi connectivity index (χ0n) is 24.0. The van der Waals surface area contributed by atoms with Crippen molar-refractivity contribution in [1.82, 2.24) is 13.8 Å². The zero-order chi connectivity index (χ0) is 27.8. The van der Waals surface area contributed by atoms with Gasteiger partial charge in [0.25, 0.3) is 5.91 Å². The van der Waals surface area contributed by atoms with Crippen molar-refractivity contribution in [2.24, 2.45) is 0 Å². The molecule has 1 aliphatic heterocycles. The lowest BCUT2D eigenvalue weighted by molar-refractivity contribution is 0.0699. The SMILES string of the molecule is CCCn1cc(C(=O)N2CCN(S(=O)(=O)c3c(C(C)C)cc(C(C)C)cc3C(C)C)CC2)c2ccccc21. The molecule has 0 N–H and O–H groups in total. The number of hydrogen-bond donors (Lipinski definition) is 0. The molecule has 2 aromatic carbocycles. The van der Waals surface area contributed by atoms with Gasteiger partial charge in [0.2, 0.25) is 10.0 Å². The van der Waals surface area contributed by atoms with Crippen molar-refractivity contribution in [3.63, 3.8) is 0 Å². The van der Waals surface area contributed by atoms with Crippen molar-refractivity contribution >= 4 is 26.8 Å². The average molecular weight is 538 g/mol. The molecule has 0 spiro atoms. The summed E-state index contributed by atoms with van der Waals surface area (Å²) in [6, 6.07) is 12.2. The van der Waals surface area contributed by atoms with Gasteiger partial charge in [-0.15, -0.1) is 0 Å². The van der Waals surface area contributed by atoms with E-state index in [2.05, 4.69) is 71.2 Å². The highest BCUT2D eigenvalue weighted by atomic mass is 32.2. The van der Waals surface area contributed by atoms with Gasteiger partial charge in [-0.3, -0.25) is 4.79 Å². The Bertz CT molecular complexity index is 1380. The van der Waals surface area contributed by atoms with Crippen molar-refractivity contribution in [3.8, 4) is 0 Å². The molecule has 7 heteroatoms. The number of amides is 1. The second kappa shape index (κ2) is 11.2. The molecule has 1 fully saturated rings. The first kappa shape index (κ1) is 28.4. The molecule has 3 aromatic rings.